The van der Waals surface area contributed by atoms with E-state index in [0.717, 1.165) is 6.07 Å². The Kier molecular flexibility index (Phi) is 1.57. The molecule has 0 radical (unpaired) electrons. The van der Waals surface area contributed by atoms with Crippen LogP contribution in [0.4, 0.5) is 0 Å². The molecule has 0 aliphatic rings. The maximum Gasteiger partial charge on any atom is 0.309 e. The number of aromatic nitrogens is 1. The molecule has 0 bridgehead atoms. The van der Waals surface area contributed by atoms with E-state index >= 15 is 0 Å². The third kappa shape index (κ3) is 1.48. The van der Waals surface area contributed by atoms with Gasteiger partial charge in [0.05, 0.1) is 12.1 Å². The van der Waals surface area contributed by atoms with Gasteiger partial charge in [-0.05, 0) is 0 Å². The van der Waals surface area contributed by atoms with Crippen molar-refractivity contribution >= 4 is 5.97 Å². The second-order valence-corrected chi connectivity index (χ2v) is 1.73. The number of hydrogen-bond acceptors (Lipinski definition) is 4. The smallest absolute Gasteiger partial charge is 0.309 e. The molecular formula is C5H5NO4. The largest absolute Gasteiger partial charge is 0.481 e. The minimum atomic E-state index is -1.01. The highest BCUT2D eigenvalue weighted by Crippen LogP contribution is 2.09. The molecule has 0 saturated carbocycles. The molecule has 5 heteroatoms. The molecule has 0 spiro atoms. The number of aromatic hydroxyl groups is 1. The summed E-state index contributed by atoms with van der Waals surface area (Å²) in [7, 11) is 0. The summed E-state index contributed by atoms with van der Waals surface area (Å²) in [5, 5.41) is 20.0. The van der Waals surface area contributed by atoms with Crippen LogP contribution in [0.25, 0.3) is 0 Å². The van der Waals surface area contributed by atoms with Crippen molar-refractivity contribution in [3.63, 3.8) is 0 Å². The van der Waals surface area contributed by atoms with Gasteiger partial charge in [0.1, 0.15) is 0 Å². The second kappa shape index (κ2) is 2.38. The predicted octanol–water partition coefficient (Wildman–Crippen LogP) is 0.00730. The summed E-state index contributed by atoms with van der Waals surface area (Å²) in [4.78, 5) is 10.0. The van der Waals surface area contributed by atoms with Gasteiger partial charge >= 0.3 is 11.9 Å². The molecule has 1 heterocycles. The van der Waals surface area contributed by atoms with Crippen LogP contribution in [0.2, 0.25) is 0 Å². The van der Waals surface area contributed by atoms with Crippen molar-refractivity contribution in [3.05, 3.63) is 11.8 Å². The molecule has 0 fully saturated rings. The minimum absolute atomic E-state index is 0.213. The maximum absolute atomic E-state index is 10.0. The van der Waals surface area contributed by atoms with E-state index in [0.29, 0.717) is 0 Å². The predicted molar refractivity (Wildman–Crippen MR) is 29.5 cm³/mol. The third-order valence-corrected chi connectivity index (χ3v) is 0.879. The number of hydrogen-bond donors (Lipinski definition) is 2. The minimum Gasteiger partial charge on any atom is -0.481 e. The molecule has 0 saturated heterocycles. The average Bonchev–Trinajstić information content (AvgIpc) is 2.13. The zero-order chi connectivity index (χ0) is 7.56. The zero-order valence-electron chi connectivity index (χ0n) is 4.94. The number of carbonyl (C=O) groups is 1. The van der Waals surface area contributed by atoms with E-state index in [1.165, 1.54) is 0 Å². The Balaban J connectivity index is 2.67. The van der Waals surface area contributed by atoms with Crippen LogP contribution in [0.3, 0.4) is 0 Å². The molecule has 0 atom stereocenters. The Morgan fingerprint density at radius 3 is 2.90 bits per heavy atom. The fourth-order valence-electron chi connectivity index (χ4n) is 0.539. The van der Waals surface area contributed by atoms with Crippen molar-refractivity contribution in [3.8, 4) is 5.95 Å². The first kappa shape index (κ1) is 6.60. The van der Waals surface area contributed by atoms with Gasteiger partial charge in [0.15, 0.2) is 0 Å². The van der Waals surface area contributed by atoms with Crippen molar-refractivity contribution in [2.75, 3.05) is 0 Å². The monoisotopic (exact) mass is 143 g/mol. The van der Waals surface area contributed by atoms with Crippen LogP contribution in [0.5, 0.6) is 5.95 Å². The molecule has 0 aliphatic carbocycles. The number of carboxylic acid groups (broad SMARTS) is 1. The fourth-order valence-corrected chi connectivity index (χ4v) is 0.539. The van der Waals surface area contributed by atoms with E-state index in [2.05, 4.69) is 9.68 Å². The highest BCUT2D eigenvalue weighted by Gasteiger charge is 2.05. The lowest BCUT2D eigenvalue weighted by molar-refractivity contribution is -0.136. The first-order valence-corrected chi connectivity index (χ1v) is 2.55. The highest BCUT2D eigenvalue weighted by molar-refractivity contribution is 5.69. The van der Waals surface area contributed by atoms with Crippen LogP contribution >= 0.6 is 0 Å². The summed E-state index contributed by atoms with van der Waals surface area (Å²) >= 11 is 0. The molecular weight excluding hydrogens is 138 g/mol. The van der Waals surface area contributed by atoms with Crippen molar-refractivity contribution in [1.82, 2.24) is 5.16 Å². The molecule has 0 amide bonds. The van der Waals surface area contributed by atoms with Gasteiger partial charge in [-0.1, -0.05) is 5.16 Å². The van der Waals surface area contributed by atoms with E-state index in [9.17, 15) is 4.79 Å². The Hall–Kier alpha value is -1.52. The summed E-state index contributed by atoms with van der Waals surface area (Å²) in [6, 6.07) is 1.16. The number of nitrogens with zero attached hydrogens (tertiary/aromatic N) is 1. The molecule has 2 N–H and O–H groups in total. The van der Waals surface area contributed by atoms with Crippen molar-refractivity contribution < 1.29 is 19.5 Å². The Morgan fingerprint density at radius 1 is 1.80 bits per heavy atom. The normalized spacial score (nSPS) is 9.60. The van der Waals surface area contributed by atoms with Crippen LogP contribution in [0.15, 0.2) is 10.6 Å². The molecule has 10 heavy (non-hydrogen) atoms. The van der Waals surface area contributed by atoms with Gasteiger partial charge in [-0.2, -0.15) is 0 Å². The second-order valence-electron chi connectivity index (χ2n) is 1.73. The molecule has 0 unspecified atom stereocenters. The summed E-state index contributed by atoms with van der Waals surface area (Å²) < 4.78 is 4.21. The van der Waals surface area contributed by atoms with E-state index in [-0.39, 0.29) is 18.1 Å². The van der Waals surface area contributed by atoms with Crippen LogP contribution in [-0.4, -0.2) is 21.3 Å². The highest BCUT2D eigenvalue weighted by atomic mass is 16.5. The van der Waals surface area contributed by atoms with Crippen LogP contribution in [0.1, 0.15) is 5.69 Å². The van der Waals surface area contributed by atoms with Gasteiger partial charge in [0, 0.05) is 6.07 Å². The number of rotatable bonds is 2. The molecule has 0 aliphatic heterocycles. The van der Waals surface area contributed by atoms with E-state index in [4.69, 9.17) is 10.2 Å². The van der Waals surface area contributed by atoms with Crippen LogP contribution in [-0.2, 0) is 11.2 Å². The molecule has 1 rings (SSSR count). The molecule has 5 nitrogen and oxygen atoms in total. The van der Waals surface area contributed by atoms with E-state index in [1.807, 2.05) is 0 Å². The summed E-state index contributed by atoms with van der Waals surface area (Å²) in [6.07, 6.45) is -0.232. The van der Waals surface area contributed by atoms with E-state index < -0.39 is 5.97 Å². The lowest BCUT2D eigenvalue weighted by Crippen LogP contribution is -1.99. The Labute approximate surface area is 55.9 Å². The summed E-state index contributed by atoms with van der Waals surface area (Å²) in [6.45, 7) is 0. The summed E-state index contributed by atoms with van der Waals surface area (Å²) in [5.41, 5.74) is 0.213. The Morgan fingerprint density at radius 2 is 2.50 bits per heavy atom. The molecule has 1 aromatic rings. The quantitative estimate of drug-likeness (QED) is 0.609. The Bertz CT molecular complexity index is 242. The van der Waals surface area contributed by atoms with Gasteiger partial charge in [-0.3, -0.25) is 4.79 Å². The number of carboxylic acids is 1. The summed E-state index contributed by atoms with van der Waals surface area (Å²) in [5.74, 6) is -1.37. The lowest BCUT2D eigenvalue weighted by Gasteiger charge is -1.82. The standard InChI is InChI=1S/C5H5NO4/c7-4(8)1-3-2-5(9)10-6-3/h2,9H,1H2,(H,7,8). The van der Waals surface area contributed by atoms with Gasteiger partial charge in [0.2, 0.25) is 0 Å². The fraction of sp³-hybridized carbons (Fsp3) is 0.200. The van der Waals surface area contributed by atoms with Gasteiger partial charge < -0.3 is 14.7 Å². The first-order valence-electron chi connectivity index (χ1n) is 2.55. The van der Waals surface area contributed by atoms with E-state index in [1.54, 1.807) is 0 Å². The first-order chi connectivity index (χ1) is 4.68. The van der Waals surface area contributed by atoms with Gasteiger partial charge in [-0.25, -0.2) is 0 Å². The van der Waals surface area contributed by atoms with Gasteiger partial charge in [0.25, 0.3) is 0 Å². The van der Waals surface area contributed by atoms with Crippen molar-refractivity contribution in [1.29, 1.82) is 0 Å². The van der Waals surface area contributed by atoms with Crippen LogP contribution < -0.4 is 0 Å². The van der Waals surface area contributed by atoms with Crippen molar-refractivity contribution in [2.24, 2.45) is 0 Å². The lowest BCUT2D eigenvalue weighted by atomic mass is 10.3. The van der Waals surface area contributed by atoms with Crippen molar-refractivity contribution in [2.45, 2.75) is 6.42 Å². The maximum atomic E-state index is 10.0. The average molecular weight is 143 g/mol. The topological polar surface area (TPSA) is 83.6 Å². The third-order valence-electron chi connectivity index (χ3n) is 0.879. The van der Waals surface area contributed by atoms with Crippen LogP contribution in [0, 0.1) is 0 Å². The molecule has 54 valence electrons. The zero-order valence-corrected chi connectivity index (χ0v) is 4.94. The van der Waals surface area contributed by atoms with Gasteiger partial charge in [-0.15, -0.1) is 0 Å². The molecule has 0 aromatic carbocycles. The molecule has 1 aromatic heterocycles. The number of aliphatic carboxylic acids is 1. The SMILES string of the molecule is O=C(O)Cc1cc(O)on1.